The number of carbonyl (C=O) groups is 1. The van der Waals surface area contributed by atoms with Gasteiger partial charge in [-0.1, -0.05) is 12.1 Å². The van der Waals surface area contributed by atoms with Gasteiger partial charge in [0, 0.05) is 29.4 Å². The number of hydrogen-bond donors (Lipinski definition) is 4. The van der Waals surface area contributed by atoms with Crippen molar-refractivity contribution in [1.29, 1.82) is 0 Å². The van der Waals surface area contributed by atoms with Crippen LogP contribution in [0.15, 0.2) is 72.9 Å². The predicted molar refractivity (Wildman–Crippen MR) is 122 cm³/mol. The van der Waals surface area contributed by atoms with Crippen molar-refractivity contribution in [3.05, 3.63) is 95.8 Å². The molecule has 0 aliphatic heterocycles. The van der Waals surface area contributed by atoms with Gasteiger partial charge in [0.2, 0.25) is 0 Å². The van der Waals surface area contributed by atoms with Crippen molar-refractivity contribution >= 4 is 5.91 Å². The third kappa shape index (κ3) is 5.16. The number of halogens is 2. The maximum Gasteiger partial charge on any atom is 0.252 e. The predicted octanol–water partition coefficient (Wildman–Crippen LogP) is 3.11. The molecule has 4 rings (SSSR count). The van der Waals surface area contributed by atoms with E-state index in [-0.39, 0.29) is 23.2 Å². The Morgan fingerprint density at radius 1 is 1.06 bits per heavy atom. The number of aromatic nitrogens is 3. The second kappa shape index (κ2) is 10.3. The van der Waals surface area contributed by atoms with Crippen LogP contribution < -0.4 is 5.32 Å². The number of aliphatic hydroxyl groups is 2. The normalized spacial score (nSPS) is 12.8. The smallest absolute Gasteiger partial charge is 0.252 e. The molecule has 2 heterocycles. The molecule has 0 fully saturated rings. The Morgan fingerprint density at radius 2 is 1.85 bits per heavy atom. The van der Waals surface area contributed by atoms with E-state index in [4.69, 9.17) is 0 Å². The van der Waals surface area contributed by atoms with Crippen molar-refractivity contribution in [1.82, 2.24) is 20.5 Å². The summed E-state index contributed by atoms with van der Waals surface area (Å²) >= 11 is 0. The molecule has 2 aromatic carbocycles. The van der Waals surface area contributed by atoms with Crippen LogP contribution in [-0.4, -0.2) is 50.1 Å². The van der Waals surface area contributed by atoms with E-state index in [1.165, 1.54) is 30.3 Å². The highest BCUT2D eigenvalue weighted by Gasteiger charge is 2.25. The molecule has 0 radical (unpaired) electrons. The van der Waals surface area contributed by atoms with E-state index >= 15 is 0 Å². The van der Waals surface area contributed by atoms with Crippen molar-refractivity contribution < 1.29 is 23.8 Å². The first-order valence-corrected chi connectivity index (χ1v) is 10.6. The number of carbonyl (C=O) groups excluding carboxylic acids is 1. The molecule has 9 heteroatoms. The molecule has 0 unspecified atom stereocenters. The maximum absolute atomic E-state index is 14.9. The highest BCUT2D eigenvalue weighted by atomic mass is 19.1. The topological polar surface area (TPSA) is 111 Å². The molecule has 0 spiro atoms. The average Bonchev–Trinajstić information content (AvgIpc) is 3.33. The van der Waals surface area contributed by atoms with Gasteiger partial charge in [-0.3, -0.25) is 14.9 Å². The number of pyridine rings is 1. The summed E-state index contributed by atoms with van der Waals surface area (Å²) in [5.41, 5.74) is 1.95. The van der Waals surface area contributed by atoms with E-state index in [0.29, 0.717) is 17.0 Å². The van der Waals surface area contributed by atoms with E-state index < -0.39 is 36.3 Å². The molecule has 0 aliphatic carbocycles. The molecule has 0 saturated heterocycles. The molecule has 0 saturated carbocycles. The summed E-state index contributed by atoms with van der Waals surface area (Å²) in [6.45, 7) is -0.574. The summed E-state index contributed by atoms with van der Waals surface area (Å²) < 4.78 is 28.1. The largest absolute Gasteiger partial charge is 0.394 e. The molecule has 7 nitrogen and oxygen atoms in total. The van der Waals surface area contributed by atoms with Gasteiger partial charge < -0.3 is 15.5 Å². The first kappa shape index (κ1) is 23.2. The van der Waals surface area contributed by atoms with Crippen molar-refractivity contribution in [3.8, 4) is 22.5 Å². The third-order valence-corrected chi connectivity index (χ3v) is 5.37. The molecular formula is C25H22F2N4O3. The van der Waals surface area contributed by atoms with Crippen LogP contribution in [-0.2, 0) is 6.42 Å². The number of H-pyrrole nitrogens is 1. The van der Waals surface area contributed by atoms with E-state index in [1.54, 1.807) is 42.6 Å². The fourth-order valence-corrected chi connectivity index (χ4v) is 3.61. The minimum atomic E-state index is -1.25. The van der Waals surface area contributed by atoms with Gasteiger partial charge in [0.25, 0.3) is 5.91 Å². The standard InChI is InChI=1S/C25H22F2N4O3/c26-16-9-7-15(8-10-16)20-13-22(31-30-20)24-18(5-3-6-19(24)27)25(34)29-21(23(33)14-32)12-17-4-1-2-11-28-17/h1-11,13,21,23,32-33H,12,14H2,(H,29,34)(H,30,31)/t21-,23-/m1/s1. The van der Waals surface area contributed by atoms with Crippen LogP contribution in [0.5, 0.6) is 0 Å². The molecule has 174 valence electrons. The SMILES string of the molecule is O=C(N[C@H](Cc1ccccn1)[C@H](O)CO)c1cccc(F)c1-c1cc(-c2ccc(F)cc2)n[nH]1. The summed E-state index contributed by atoms with van der Waals surface area (Å²) in [5.74, 6) is -1.68. The quantitative estimate of drug-likeness (QED) is 0.320. The molecule has 2 aromatic heterocycles. The summed E-state index contributed by atoms with van der Waals surface area (Å²) in [7, 11) is 0. The van der Waals surface area contributed by atoms with Crippen LogP contribution in [0.4, 0.5) is 8.78 Å². The summed E-state index contributed by atoms with van der Waals surface area (Å²) in [6.07, 6.45) is 0.499. The number of nitrogens with zero attached hydrogens (tertiary/aromatic N) is 2. The lowest BCUT2D eigenvalue weighted by atomic mass is 10.00. The number of hydrogen-bond acceptors (Lipinski definition) is 5. The van der Waals surface area contributed by atoms with Gasteiger partial charge in [-0.15, -0.1) is 0 Å². The number of nitrogens with one attached hydrogen (secondary N) is 2. The lowest BCUT2D eigenvalue weighted by Gasteiger charge is -2.23. The van der Waals surface area contributed by atoms with Gasteiger partial charge in [-0.2, -0.15) is 5.10 Å². The fourth-order valence-electron chi connectivity index (χ4n) is 3.61. The highest BCUT2D eigenvalue weighted by Crippen LogP contribution is 2.29. The zero-order valence-electron chi connectivity index (χ0n) is 18.0. The minimum Gasteiger partial charge on any atom is -0.394 e. The zero-order valence-corrected chi connectivity index (χ0v) is 18.0. The van der Waals surface area contributed by atoms with Gasteiger partial charge in [-0.05, 0) is 54.6 Å². The van der Waals surface area contributed by atoms with Crippen molar-refractivity contribution in [2.24, 2.45) is 0 Å². The molecule has 0 aliphatic rings. The van der Waals surface area contributed by atoms with Gasteiger partial charge in [0.05, 0.1) is 35.7 Å². The third-order valence-electron chi connectivity index (χ3n) is 5.37. The van der Waals surface area contributed by atoms with Gasteiger partial charge in [-0.25, -0.2) is 8.78 Å². The van der Waals surface area contributed by atoms with Crippen LogP contribution in [0.25, 0.3) is 22.5 Å². The molecule has 4 N–H and O–H groups in total. The minimum absolute atomic E-state index is 0.00376. The van der Waals surface area contributed by atoms with Gasteiger partial charge in [0.15, 0.2) is 0 Å². The van der Waals surface area contributed by atoms with Gasteiger partial charge in [0.1, 0.15) is 11.6 Å². The lowest BCUT2D eigenvalue weighted by molar-refractivity contribution is 0.0565. The number of amides is 1. The Kier molecular flexibility index (Phi) is 7.05. The lowest BCUT2D eigenvalue weighted by Crippen LogP contribution is -2.46. The van der Waals surface area contributed by atoms with Crippen LogP contribution >= 0.6 is 0 Å². The number of aliphatic hydroxyl groups excluding tert-OH is 2. The summed E-state index contributed by atoms with van der Waals surface area (Å²) in [4.78, 5) is 17.4. The first-order chi connectivity index (χ1) is 16.5. The van der Waals surface area contributed by atoms with Crippen LogP contribution in [0.3, 0.4) is 0 Å². The first-order valence-electron chi connectivity index (χ1n) is 10.6. The number of rotatable bonds is 8. The Morgan fingerprint density at radius 3 is 2.56 bits per heavy atom. The van der Waals surface area contributed by atoms with Crippen molar-refractivity contribution in [2.75, 3.05) is 6.61 Å². The van der Waals surface area contributed by atoms with E-state index in [1.807, 2.05) is 0 Å². The van der Waals surface area contributed by atoms with E-state index in [0.717, 1.165) is 0 Å². The Hall–Kier alpha value is -3.95. The van der Waals surface area contributed by atoms with Crippen molar-refractivity contribution in [2.45, 2.75) is 18.6 Å². The van der Waals surface area contributed by atoms with Crippen molar-refractivity contribution in [3.63, 3.8) is 0 Å². The van der Waals surface area contributed by atoms with E-state index in [2.05, 4.69) is 20.5 Å². The van der Waals surface area contributed by atoms with Crippen LogP contribution in [0.1, 0.15) is 16.1 Å². The Bertz CT molecular complexity index is 1260. The summed E-state index contributed by atoms with van der Waals surface area (Å²) in [5, 5.41) is 29.3. The zero-order chi connectivity index (χ0) is 24.1. The molecule has 34 heavy (non-hydrogen) atoms. The molecular weight excluding hydrogens is 442 g/mol. The van der Waals surface area contributed by atoms with Crippen LogP contribution in [0, 0.1) is 11.6 Å². The average molecular weight is 464 g/mol. The molecule has 0 bridgehead atoms. The molecule has 4 aromatic rings. The van der Waals surface area contributed by atoms with Crippen LogP contribution in [0.2, 0.25) is 0 Å². The van der Waals surface area contributed by atoms with Gasteiger partial charge >= 0.3 is 0 Å². The number of benzene rings is 2. The maximum atomic E-state index is 14.9. The summed E-state index contributed by atoms with van der Waals surface area (Å²) in [6, 6.07) is 15.7. The molecule has 1 amide bonds. The van der Waals surface area contributed by atoms with E-state index in [9.17, 15) is 23.8 Å². The monoisotopic (exact) mass is 464 g/mol. The number of aromatic amines is 1. The fraction of sp³-hybridized carbons (Fsp3) is 0.160. The second-order valence-electron chi connectivity index (χ2n) is 7.69. The Balaban J connectivity index is 1.63. The molecule has 2 atom stereocenters. The Labute approximate surface area is 194 Å². The second-order valence-corrected chi connectivity index (χ2v) is 7.69. The highest BCUT2D eigenvalue weighted by molar-refractivity contribution is 6.01.